The molecule has 0 aliphatic heterocycles. The quantitative estimate of drug-likeness (QED) is 0.753. The number of nitrogens with zero attached hydrogens (tertiary/aromatic N) is 1. The number of ether oxygens (including phenoxy) is 1. The number of benzene rings is 1. The highest BCUT2D eigenvalue weighted by Gasteiger charge is 2.13. The zero-order valence-corrected chi connectivity index (χ0v) is 11.8. The van der Waals surface area contributed by atoms with Crippen molar-refractivity contribution in [2.75, 3.05) is 32.1 Å². The van der Waals surface area contributed by atoms with Gasteiger partial charge in [0.2, 0.25) is 5.91 Å². The summed E-state index contributed by atoms with van der Waals surface area (Å²) in [5, 5.41) is 11.5. The highest BCUT2D eigenvalue weighted by molar-refractivity contribution is 5.92. The van der Waals surface area contributed by atoms with Crippen molar-refractivity contribution in [3.63, 3.8) is 0 Å². The van der Waals surface area contributed by atoms with Crippen LogP contribution in [0.25, 0.3) is 0 Å². The lowest BCUT2D eigenvalue weighted by Crippen LogP contribution is -2.37. The van der Waals surface area contributed by atoms with E-state index in [1.54, 1.807) is 36.3 Å². The van der Waals surface area contributed by atoms with Gasteiger partial charge in [0.1, 0.15) is 5.75 Å². The van der Waals surface area contributed by atoms with E-state index in [1.165, 1.54) is 0 Å². The molecule has 1 aromatic rings. The predicted molar refractivity (Wildman–Crippen MR) is 76.0 cm³/mol. The number of nitrogens with one attached hydrogen (secondary N) is 1. The minimum atomic E-state index is -0.937. The summed E-state index contributed by atoms with van der Waals surface area (Å²) in [6.07, 6.45) is 0.791. The Labute approximate surface area is 118 Å². The number of carbonyl (C=O) groups excluding carboxylic acids is 1. The van der Waals surface area contributed by atoms with Crippen LogP contribution in [-0.4, -0.2) is 48.6 Å². The van der Waals surface area contributed by atoms with E-state index in [0.29, 0.717) is 18.0 Å². The number of amides is 1. The second-order valence-electron chi connectivity index (χ2n) is 4.38. The van der Waals surface area contributed by atoms with E-state index >= 15 is 0 Å². The van der Waals surface area contributed by atoms with Crippen molar-refractivity contribution in [1.82, 2.24) is 4.90 Å². The number of hydrogen-bond donors (Lipinski definition) is 2. The first-order valence-electron chi connectivity index (χ1n) is 6.43. The fraction of sp³-hybridized carbons (Fsp3) is 0.429. The van der Waals surface area contributed by atoms with Crippen LogP contribution in [0.4, 0.5) is 5.69 Å². The second kappa shape index (κ2) is 8.16. The number of carbonyl (C=O) groups is 2. The van der Waals surface area contributed by atoms with Crippen LogP contribution in [0.2, 0.25) is 0 Å². The van der Waals surface area contributed by atoms with Gasteiger partial charge in [-0.05, 0) is 25.1 Å². The molecule has 0 atom stereocenters. The minimum absolute atomic E-state index is 0.0529. The molecule has 0 unspecified atom stereocenters. The molecule has 1 amide bonds. The van der Waals surface area contributed by atoms with Crippen LogP contribution in [-0.2, 0) is 9.59 Å². The Morgan fingerprint density at radius 3 is 2.70 bits per heavy atom. The van der Waals surface area contributed by atoms with Gasteiger partial charge in [0, 0.05) is 11.8 Å². The smallest absolute Gasteiger partial charge is 0.317 e. The van der Waals surface area contributed by atoms with Gasteiger partial charge in [-0.2, -0.15) is 0 Å². The lowest BCUT2D eigenvalue weighted by Gasteiger charge is -2.18. The number of methoxy groups -OCH3 is 1. The summed E-state index contributed by atoms with van der Waals surface area (Å²) in [5.74, 6) is -0.528. The van der Waals surface area contributed by atoms with E-state index < -0.39 is 5.97 Å². The fourth-order valence-electron chi connectivity index (χ4n) is 1.83. The predicted octanol–water partition coefficient (Wildman–Crippen LogP) is 1.43. The molecule has 110 valence electrons. The van der Waals surface area contributed by atoms with Gasteiger partial charge in [-0.25, -0.2) is 0 Å². The van der Waals surface area contributed by atoms with E-state index in [1.807, 2.05) is 6.92 Å². The van der Waals surface area contributed by atoms with Gasteiger partial charge >= 0.3 is 5.97 Å². The van der Waals surface area contributed by atoms with E-state index in [9.17, 15) is 9.59 Å². The van der Waals surface area contributed by atoms with Gasteiger partial charge in [0.05, 0.1) is 20.2 Å². The van der Waals surface area contributed by atoms with Crippen LogP contribution in [0.1, 0.15) is 13.3 Å². The standard InChI is InChI=1S/C14H20N2O4/c1-3-7-16(10-14(18)19)9-13(17)15-11-5-4-6-12(8-11)20-2/h4-6,8H,3,7,9-10H2,1-2H3,(H,15,17)(H,18,19). The molecular weight excluding hydrogens is 260 g/mol. The summed E-state index contributed by atoms with van der Waals surface area (Å²) in [6, 6.07) is 7.01. The number of carboxylic acid groups (broad SMARTS) is 1. The van der Waals surface area contributed by atoms with Crippen molar-refractivity contribution in [3.8, 4) is 5.75 Å². The zero-order chi connectivity index (χ0) is 15.0. The minimum Gasteiger partial charge on any atom is -0.497 e. The third-order valence-electron chi connectivity index (χ3n) is 2.62. The zero-order valence-electron chi connectivity index (χ0n) is 11.8. The van der Waals surface area contributed by atoms with E-state index in [4.69, 9.17) is 9.84 Å². The SMILES string of the molecule is CCCN(CC(=O)O)CC(=O)Nc1cccc(OC)c1. The maximum atomic E-state index is 11.9. The fourth-order valence-corrected chi connectivity index (χ4v) is 1.83. The molecule has 0 spiro atoms. The van der Waals surface area contributed by atoms with Crippen molar-refractivity contribution < 1.29 is 19.4 Å². The first-order valence-corrected chi connectivity index (χ1v) is 6.43. The number of carboxylic acids is 1. The first kappa shape index (κ1) is 16.0. The Morgan fingerprint density at radius 2 is 2.10 bits per heavy atom. The summed E-state index contributed by atoms with van der Waals surface area (Å²) in [6.45, 7) is 2.42. The monoisotopic (exact) mass is 280 g/mol. The van der Waals surface area contributed by atoms with Gasteiger partial charge in [-0.3, -0.25) is 14.5 Å². The van der Waals surface area contributed by atoms with Crippen LogP contribution in [0, 0.1) is 0 Å². The average Bonchev–Trinajstić information content (AvgIpc) is 2.38. The second-order valence-corrected chi connectivity index (χ2v) is 4.38. The van der Waals surface area contributed by atoms with Gasteiger partial charge < -0.3 is 15.2 Å². The Balaban J connectivity index is 2.57. The summed E-state index contributed by atoms with van der Waals surface area (Å²) >= 11 is 0. The molecule has 0 saturated carbocycles. The molecule has 1 aromatic carbocycles. The third kappa shape index (κ3) is 5.71. The number of aliphatic carboxylic acids is 1. The molecule has 6 nitrogen and oxygen atoms in total. The molecule has 6 heteroatoms. The summed E-state index contributed by atoms with van der Waals surface area (Å²) in [4.78, 5) is 24.2. The van der Waals surface area contributed by atoms with Gasteiger partial charge in [-0.1, -0.05) is 13.0 Å². The molecule has 0 saturated heterocycles. The Kier molecular flexibility index (Phi) is 6.52. The molecule has 0 radical (unpaired) electrons. The molecule has 0 aromatic heterocycles. The van der Waals surface area contributed by atoms with Crippen LogP contribution in [0.5, 0.6) is 5.75 Å². The van der Waals surface area contributed by atoms with E-state index in [-0.39, 0.29) is 19.0 Å². The van der Waals surface area contributed by atoms with E-state index in [0.717, 1.165) is 6.42 Å². The summed E-state index contributed by atoms with van der Waals surface area (Å²) in [5.41, 5.74) is 0.626. The highest BCUT2D eigenvalue weighted by atomic mass is 16.5. The topological polar surface area (TPSA) is 78.9 Å². The molecule has 2 N–H and O–H groups in total. The molecule has 1 rings (SSSR count). The largest absolute Gasteiger partial charge is 0.497 e. The number of anilines is 1. The van der Waals surface area contributed by atoms with Crippen LogP contribution >= 0.6 is 0 Å². The third-order valence-corrected chi connectivity index (χ3v) is 2.62. The van der Waals surface area contributed by atoms with Gasteiger partial charge in [-0.15, -0.1) is 0 Å². The van der Waals surface area contributed by atoms with Crippen molar-refractivity contribution in [2.24, 2.45) is 0 Å². The molecule has 0 aliphatic rings. The van der Waals surface area contributed by atoms with E-state index in [2.05, 4.69) is 5.32 Å². The Hall–Kier alpha value is -2.08. The lowest BCUT2D eigenvalue weighted by atomic mass is 10.3. The molecule has 0 bridgehead atoms. The molecular formula is C14H20N2O4. The normalized spacial score (nSPS) is 10.3. The molecule has 0 aliphatic carbocycles. The van der Waals surface area contributed by atoms with Crippen LogP contribution in [0.3, 0.4) is 0 Å². The molecule has 20 heavy (non-hydrogen) atoms. The summed E-state index contributed by atoms with van der Waals surface area (Å²) < 4.78 is 5.07. The number of hydrogen-bond acceptors (Lipinski definition) is 4. The Morgan fingerprint density at radius 1 is 1.35 bits per heavy atom. The lowest BCUT2D eigenvalue weighted by molar-refractivity contribution is -0.138. The average molecular weight is 280 g/mol. The highest BCUT2D eigenvalue weighted by Crippen LogP contribution is 2.16. The van der Waals surface area contributed by atoms with Gasteiger partial charge in [0.25, 0.3) is 0 Å². The van der Waals surface area contributed by atoms with Crippen molar-refractivity contribution in [1.29, 1.82) is 0 Å². The van der Waals surface area contributed by atoms with Crippen LogP contribution in [0.15, 0.2) is 24.3 Å². The van der Waals surface area contributed by atoms with Crippen LogP contribution < -0.4 is 10.1 Å². The number of rotatable bonds is 8. The molecule has 0 fully saturated rings. The van der Waals surface area contributed by atoms with Crippen molar-refractivity contribution >= 4 is 17.6 Å². The molecule has 0 heterocycles. The maximum Gasteiger partial charge on any atom is 0.317 e. The van der Waals surface area contributed by atoms with Crippen molar-refractivity contribution in [3.05, 3.63) is 24.3 Å². The Bertz CT molecular complexity index is 462. The van der Waals surface area contributed by atoms with Crippen molar-refractivity contribution in [2.45, 2.75) is 13.3 Å². The van der Waals surface area contributed by atoms with Gasteiger partial charge in [0.15, 0.2) is 0 Å². The summed E-state index contributed by atoms with van der Waals surface area (Å²) in [7, 11) is 1.55. The first-order chi connectivity index (χ1) is 9.55. The maximum absolute atomic E-state index is 11.9.